The van der Waals surface area contributed by atoms with E-state index in [1.54, 1.807) is 49.4 Å². The fourth-order valence-electron chi connectivity index (χ4n) is 2.10. The maximum Gasteiger partial charge on any atom is 0.261 e. The van der Waals surface area contributed by atoms with Crippen molar-refractivity contribution in [3.05, 3.63) is 53.1 Å². The summed E-state index contributed by atoms with van der Waals surface area (Å²) in [7, 11) is 1.48. The highest BCUT2D eigenvalue weighted by Crippen LogP contribution is 2.25. The van der Waals surface area contributed by atoms with Crippen molar-refractivity contribution in [3.8, 4) is 5.75 Å². The third-order valence-corrected chi connectivity index (χ3v) is 3.93. The van der Waals surface area contributed by atoms with Gasteiger partial charge in [0.15, 0.2) is 5.11 Å². The largest absolute Gasteiger partial charge is 0.496 e. The predicted molar refractivity (Wildman–Crippen MR) is 107 cm³/mol. The zero-order valence-corrected chi connectivity index (χ0v) is 15.8. The first kappa shape index (κ1) is 19.7. The number of benzene rings is 2. The third-order valence-electron chi connectivity index (χ3n) is 3.40. The Bertz CT molecular complexity index is 842. The number of thiocarbonyl (C=S) groups is 1. The molecule has 0 saturated heterocycles. The Morgan fingerprint density at radius 3 is 2.58 bits per heavy atom. The summed E-state index contributed by atoms with van der Waals surface area (Å²) in [5.41, 5.74) is 1.39. The van der Waals surface area contributed by atoms with Gasteiger partial charge in [0, 0.05) is 12.1 Å². The van der Waals surface area contributed by atoms with Crippen molar-refractivity contribution in [1.82, 2.24) is 5.32 Å². The summed E-state index contributed by atoms with van der Waals surface area (Å²) in [6.45, 7) is 1.76. The molecule has 136 valence electrons. The van der Waals surface area contributed by atoms with Crippen molar-refractivity contribution >= 4 is 52.1 Å². The summed E-state index contributed by atoms with van der Waals surface area (Å²) in [5, 5.41) is 8.63. The lowest BCUT2D eigenvalue weighted by Gasteiger charge is -2.13. The van der Waals surface area contributed by atoms with Gasteiger partial charge < -0.3 is 15.4 Å². The van der Waals surface area contributed by atoms with E-state index in [4.69, 9.17) is 28.6 Å². The number of amides is 2. The molecule has 0 aromatic heterocycles. The van der Waals surface area contributed by atoms with E-state index in [1.165, 1.54) is 7.11 Å². The average Bonchev–Trinajstić information content (AvgIpc) is 2.64. The fourth-order valence-corrected chi connectivity index (χ4v) is 2.47. The van der Waals surface area contributed by atoms with Crippen LogP contribution >= 0.6 is 23.8 Å². The van der Waals surface area contributed by atoms with Crippen molar-refractivity contribution in [3.63, 3.8) is 0 Å². The van der Waals surface area contributed by atoms with Gasteiger partial charge in [0.2, 0.25) is 5.91 Å². The zero-order valence-electron chi connectivity index (χ0n) is 14.3. The van der Waals surface area contributed by atoms with E-state index < -0.39 is 5.91 Å². The van der Waals surface area contributed by atoms with Gasteiger partial charge in [0.1, 0.15) is 5.75 Å². The SMILES string of the molecule is CCC(=O)Nc1ccc(Cl)c(NC(=S)NC(=O)c2ccccc2OC)c1. The number of ether oxygens (including phenoxy) is 1. The number of hydrogen-bond acceptors (Lipinski definition) is 4. The number of carbonyl (C=O) groups excluding carboxylic acids is 2. The number of halogens is 1. The van der Waals surface area contributed by atoms with Crippen LogP contribution in [-0.2, 0) is 4.79 Å². The number of hydrogen-bond donors (Lipinski definition) is 3. The number of carbonyl (C=O) groups is 2. The molecule has 0 aliphatic rings. The molecular weight excluding hydrogens is 374 g/mol. The van der Waals surface area contributed by atoms with Gasteiger partial charge in [-0.05, 0) is 42.5 Å². The Hall–Kier alpha value is -2.64. The van der Waals surface area contributed by atoms with Crippen LogP contribution in [0.5, 0.6) is 5.75 Å². The first-order valence-electron chi connectivity index (χ1n) is 7.79. The number of methoxy groups -OCH3 is 1. The fraction of sp³-hybridized carbons (Fsp3) is 0.167. The van der Waals surface area contributed by atoms with E-state index in [2.05, 4.69) is 16.0 Å². The van der Waals surface area contributed by atoms with Crippen LogP contribution in [0.1, 0.15) is 23.7 Å². The summed E-state index contributed by atoms with van der Waals surface area (Å²) in [4.78, 5) is 23.9. The molecule has 0 unspecified atom stereocenters. The summed E-state index contributed by atoms with van der Waals surface area (Å²) in [6, 6.07) is 11.7. The van der Waals surface area contributed by atoms with Gasteiger partial charge in [0.05, 0.1) is 23.4 Å². The highest BCUT2D eigenvalue weighted by atomic mass is 35.5. The van der Waals surface area contributed by atoms with Gasteiger partial charge in [-0.25, -0.2) is 0 Å². The molecule has 26 heavy (non-hydrogen) atoms. The van der Waals surface area contributed by atoms with Crippen LogP contribution in [0.3, 0.4) is 0 Å². The number of nitrogens with one attached hydrogen (secondary N) is 3. The minimum absolute atomic E-state index is 0.0711. The number of para-hydroxylation sites is 1. The van der Waals surface area contributed by atoms with E-state index in [1.807, 2.05) is 0 Å². The normalized spacial score (nSPS) is 9.96. The Labute approximate surface area is 161 Å². The molecule has 8 heteroatoms. The van der Waals surface area contributed by atoms with Gasteiger partial charge in [0.25, 0.3) is 5.91 Å². The monoisotopic (exact) mass is 391 g/mol. The van der Waals surface area contributed by atoms with Crippen LogP contribution < -0.4 is 20.7 Å². The second-order valence-electron chi connectivity index (χ2n) is 5.20. The van der Waals surface area contributed by atoms with Gasteiger partial charge in [-0.3, -0.25) is 14.9 Å². The second-order valence-corrected chi connectivity index (χ2v) is 6.02. The first-order chi connectivity index (χ1) is 12.4. The molecule has 2 rings (SSSR count). The summed E-state index contributed by atoms with van der Waals surface area (Å²) in [6.07, 6.45) is 0.360. The Kier molecular flexibility index (Phi) is 6.94. The molecule has 0 heterocycles. The summed E-state index contributed by atoms with van der Waals surface area (Å²) < 4.78 is 5.16. The molecule has 2 amide bonds. The summed E-state index contributed by atoms with van der Waals surface area (Å²) in [5.74, 6) is -0.0908. The molecule has 0 radical (unpaired) electrons. The summed E-state index contributed by atoms with van der Waals surface area (Å²) >= 11 is 11.3. The zero-order chi connectivity index (χ0) is 19.1. The maximum atomic E-state index is 12.4. The van der Waals surface area contributed by atoms with E-state index in [0.717, 1.165) is 0 Å². The van der Waals surface area contributed by atoms with Gasteiger partial charge in [-0.1, -0.05) is 30.7 Å². The average molecular weight is 392 g/mol. The lowest BCUT2D eigenvalue weighted by Crippen LogP contribution is -2.34. The molecule has 6 nitrogen and oxygen atoms in total. The number of rotatable bonds is 5. The van der Waals surface area contributed by atoms with Crippen molar-refractivity contribution in [1.29, 1.82) is 0 Å². The molecule has 0 bridgehead atoms. The molecule has 2 aromatic carbocycles. The minimum Gasteiger partial charge on any atom is -0.496 e. The first-order valence-corrected chi connectivity index (χ1v) is 8.58. The van der Waals surface area contributed by atoms with Crippen molar-refractivity contribution in [2.75, 3.05) is 17.7 Å². The Morgan fingerprint density at radius 2 is 1.88 bits per heavy atom. The van der Waals surface area contributed by atoms with Crippen molar-refractivity contribution in [2.45, 2.75) is 13.3 Å². The van der Waals surface area contributed by atoms with E-state index >= 15 is 0 Å². The highest BCUT2D eigenvalue weighted by Gasteiger charge is 2.14. The molecule has 0 saturated carbocycles. The van der Waals surface area contributed by atoms with Gasteiger partial charge in [-0.15, -0.1) is 0 Å². The maximum absolute atomic E-state index is 12.4. The molecule has 3 N–H and O–H groups in total. The molecule has 0 aliphatic heterocycles. The topological polar surface area (TPSA) is 79.5 Å². The van der Waals surface area contributed by atoms with Gasteiger partial charge >= 0.3 is 0 Å². The van der Waals surface area contributed by atoms with E-state index in [9.17, 15) is 9.59 Å². The lowest BCUT2D eigenvalue weighted by molar-refractivity contribution is -0.115. The third kappa shape index (κ3) is 5.18. The van der Waals surface area contributed by atoms with Crippen LogP contribution in [0.2, 0.25) is 5.02 Å². The molecule has 0 atom stereocenters. The Balaban J connectivity index is 2.08. The van der Waals surface area contributed by atoms with Crippen LogP contribution in [0.4, 0.5) is 11.4 Å². The van der Waals surface area contributed by atoms with Crippen LogP contribution in [-0.4, -0.2) is 24.0 Å². The lowest BCUT2D eigenvalue weighted by atomic mass is 10.2. The highest BCUT2D eigenvalue weighted by molar-refractivity contribution is 7.80. The van der Waals surface area contributed by atoms with Crippen LogP contribution in [0.25, 0.3) is 0 Å². The van der Waals surface area contributed by atoms with E-state index in [0.29, 0.717) is 34.1 Å². The smallest absolute Gasteiger partial charge is 0.261 e. The molecular formula is C18H18ClN3O3S. The van der Waals surface area contributed by atoms with Crippen molar-refractivity contribution in [2.24, 2.45) is 0 Å². The minimum atomic E-state index is -0.411. The van der Waals surface area contributed by atoms with Crippen LogP contribution in [0, 0.1) is 0 Å². The number of anilines is 2. The Morgan fingerprint density at radius 1 is 1.15 bits per heavy atom. The predicted octanol–water partition coefficient (Wildman–Crippen LogP) is 3.82. The molecule has 0 fully saturated rings. The quantitative estimate of drug-likeness (QED) is 0.675. The molecule has 2 aromatic rings. The molecule has 0 spiro atoms. The van der Waals surface area contributed by atoms with Crippen molar-refractivity contribution < 1.29 is 14.3 Å². The second kappa shape index (κ2) is 9.17. The standard InChI is InChI=1S/C18H18ClN3O3S/c1-3-16(23)20-11-8-9-13(19)14(10-11)21-18(26)22-17(24)12-6-4-5-7-15(12)25-2/h4-10H,3H2,1-2H3,(H,20,23)(H2,21,22,24,26). The molecule has 0 aliphatic carbocycles. The van der Waals surface area contributed by atoms with E-state index in [-0.39, 0.29) is 11.0 Å². The van der Waals surface area contributed by atoms with Crippen LogP contribution in [0.15, 0.2) is 42.5 Å². The van der Waals surface area contributed by atoms with Gasteiger partial charge in [-0.2, -0.15) is 0 Å².